The average Bonchev–Trinajstić information content (AvgIpc) is 2.87. The van der Waals surface area contributed by atoms with Gasteiger partial charge in [-0.05, 0) is 18.0 Å². The maximum absolute atomic E-state index is 8.22. The minimum Gasteiger partial charge on any atom is -0.455 e. The molecule has 3 rings (SSSR count). The van der Waals surface area contributed by atoms with Crippen molar-refractivity contribution in [1.82, 2.24) is 0 Å². The number of fused-ring (bicyclic) bond motifs is 3. The van der Waals surface area contributed by atoms with Crippen LogP contribution in [0.3, 0.4) is 0 Å². The lowest BCUT2D eigenvalue weighted by atomic mass is 10.1. The first-order valence-electron chi connectivity index (χ1n) is 6.48. The van der Waals surface area contributed by atoms with Gasteiger partial charge in [0.05, 0.1) is 0 Å². The van der Waals surface area contributed by atoms with Crippen LogP contribution in [-0.2, 0) is 0 Å². The Labute approximate surface area is 115 Å². The fourth-order valence-electron chi connectivity index (χ4n) is 2.29. The van der Waals surface area contributed by atoms with E-state index in [1.165, 1.54) is 0 Å². The smallest absolute Gasteiger partial charge is 0.142 e. The third-order valence-corrected chi connectivity index (χ3v) is 3.19. The van der Waals surface area contributed by atoms with E-state index in [1.807, 2.05) is 42.5 Å². The monoisotopic (exact) mass is 263 g/mol. The number of rotatable bonds is 4. The normalized spacial score (nSPS) is 11.2. The summed E-state index contributed by atoms with van der Waals surface area (Å²) in [6.45, 7) is 0.475. The molecule has 0 aliphatic heterocycles. The van der Waals surface area contributed by atoms with Crippen molar-refractivity contribution in [3.8, 4) is 0 Å². The molecule has 3 aromatic rings. The second kappa shape index (κ2) is 5.51. The highest BCUT2D eigenvalue weighted by molar-refractivity contribution is 6.07. The van der Waals surface area contributed by atoms with Crippen molar-refractivity contribution in [3.63, 3.8) is 0 Å². The molecule has 98 valence electrons. The molecule has 0 spiro atoms. The maximum atomic E-state index is 8.22. The molecule has 4 heteroatoms. The van der Waals surface area contributed by atoms with E-state index < -0.39 is 0 Å². The van der Waals surface area contributed by atoms with Crippen molar-refractivity contribution < 1.29 is 4.42 Å². The largest absolute Gasteiger partial charge is 0.455 e. The molecule has 0 N–H and O–H groups in total. The van der Waals surface area contributed by atoms with Crippen molar-refractivity contribution in [2.45, 2.75) is 6.42 Å². The van der Waals surface area contributed by atoms with Gasteiger partial charge in [0.1, 0.15) is 11.2 Å². The summed E-state index contributed by atoms with van der Waals surface area (Å²) >= 11 is 0. The van der Waals surface area contributed by atoms with Crippen LogP contribution >= 0.6 is 0 Å². The molecule has 1 aromatic heterocycles. The number of benzene rings is 2. The van der Waals surface area contributed by atoms with E-state index in [-0.39, 0.29) is 0 Å². The summed E-state index contributed by atoms with van der Waals surface area (Å²) in [6.07, 6.45) is 4.73. The van der Waals surface area contributed by atoms with E-state index in [0.717, 1.165) is 33.9 Å². The number of azide groups is 1. The molecule has 0 aliphatic rings. The molecule has 0 amide bonds. The number of furan rings is 1. The van der Waals surface area contributed by atoms with Crippen molar-refractivity contribution in [3.05, 3.63) is 64.5 Å². The molecule has 1 heterocycles. The van der Waals surface area contributed by atoms with Crippen molar-refractivity contribution >= 4 is 28.0 Å². The predicted octanol–water partition coefficient (Wildman–Crippen LogP) is 5.30. The molecule has 0 radical (unpaired) electrons. The van der Waals surface area contributed by atoms with Gasteiger partial charge in [-0.1, -0.05) is 53.7 Å². The molecule has 0 saturated carbocycles. The molecule has 0 aliphatic carbocycles. The SMILES string of the molecule is [N-]=[N+]=NCCC=Cc1cccc2c1oc1ccccc12. The third-order valence-electron chi connectivity index (χ3n) is 3.19. The topological polar surface area (TPSA) is 61.9 Å². The van der Waals surface area contributed by atoms with E-state index >= 15 is 0 Å². The van der Waals surface area contributed by atoms with Gasteiger partial charge in [0.25, 0.3) is 0 Å². The van der Waals surface area contributed by atoms with Crippen LogP contribution in [0.25, 0.3) is 38.5 Å². The second-order valence-corrected chi connectivity index (χ2v) is 4.47. The van der Waals surface area contributed by atoms with Gasteiger partial charge in [0.15, 0.2) is 0 Å². The van der Waals surface area contributed by atoms with E-state index in [4.69, 9.17) is 9.95 Å². The summed E-state index contributed by atoms with van der Waals surface area (Å²) in [7, 11) is 0. The quantitative estimate of drug-likeness (QED) is 0.272. The zero-order chi connectivity index (χ0) is 13.8. The summed E-state index contributed by atoms with van der Waals surface area (Å²) in [5, 5.41) is 5.76. The zero-order valence-corrected chi connectivity index (χ0v) is 10.9. The van der Waals surface area contributed by atoms with Gasteiger partial charge in [0, 0.05) is 27.8 Å². The summed E-state index contributed by atoms with van der Waals surface area (Å²) in [4.78, 5) is 2.73. The maximum Gasteiger partial charge on any atom is 0.142 e. The van der Waals surface area contributed by atoms with Gasteiger partial charge in [-0.3, -0.25) is 0 Å². The Morgan fingerprint density at radius 3 is 2.85 bits per heavy atom. The highest BCUT2D eigenvalue weighted by atomic mass is 16.3. The fourth-order valence-corrected chi connectivity index (χ4v) is 2.29. The van der Waals surface area contributed by atoms with Gasteiger partial charge >= 0.3 is 0 Å². The van der Waals surface area contributed by atoms with Crippen molar-refractivity contribution in [1.29, 1.82) is 0 Å². The Bertz CT molecular complexity index is 826. The van der Waals surface area contributed by atoms with E-state index in [1.54, 1.807) is 0 Å². The average molecular weight is 263 g/mol. The van der Waals surface area contributed by atoms with Gasteiger partial charge in [-0.2, -0.15) is 0 Å². The Morgan fingerprint density at radius 1 is 1.10 bits per heavy atom. The molecule has 0 bridgehead atoms. The first kappa shape index (κ1) is 12.3. The second-order valence-electron chi connectivity index (χ2n) is 4.47. The Hall–Kier alpha value is -2.71. The number of hydrogen-bond donors (Lipinski definition) is 0. The Kier molecular flexibility index (Phi) is 3.40. The molecular formula is C16H13N3O. The molecule has 0 unspecified atom stereocenters. The minimum absolute atomic E-state index is 0.475. The highest BCUT2D eigenvalue weighted by Crippen LogP contribution is 2.31. The Morgan fingerprint density at radius 2 is 1.95 bits per heavy atom. The summed E-state index contributed by atoms with van der Waals surface area (Å²) < 4.78 is 5.93. The summed E-state index contributed by atoms with van der Waals surface area (Å²) in [5.74, 6) is 0. The van der Waals surface area contributed by atoms with Gasteiger partial charge < -0.3 is 4.42 Å². The molecule has 4 nitrogen and oxygen atoms in total. The van der Waals surface area contributed by atoms with Crippen LogP contribution in [0.5, 0.6) is 0 Å². The van der Waals surface area contributed by atoms with E-state index in [2.05, 4.69) is 22.2 Å². The van der Waals surface area contributed by atoms with E-state index in [9.17, 15) is 0 Å². The molecule has 0 atom stereocenters. The first-order valence-corrected chi connectivity index (χ1v) is 6.48. The first-order chi connectivity index (χ1) is 9.90. The molecule has 20 heavy (non-hydrogen) atoms. The van der Waals surface area contributed by atoms with Crippen molar-refractivity contribution in [2.75, 3.05) is 6.54 Å². The number of nitrogens with zero attached hydrogens (tertiary/aromatic N) is 3. The van der Waals surface area contributed by atoms with Gasteiger partial charge in [-0.25, -0.2) is 0 Å². The van der Waals surface area contributed by atoms with Crippen LogP contribution in [0.1, 0.15) is 12.0 Å². The zero-order valence-electron chi connectivity index (χ0n) is 10.9. The summed E-state index contributed by atoms with van der Waals surface area (Å²) in [6, 6.07) is 14.1. The standard InChI is InChI=1S/C16H13N3O/c17-19-18-11-4-3-6-12-7-5-9-14-13-8-1-2-10-15(13)20-16(12)14/h1-3,5-10H,4,11H2. The van der Waals surface area contributed by atoms with Crippen molar-refractivity contribution in [2.24, 2.45) is 5.11 Å². The lowest BCUT2D eigenvalue weighted by Crippen LogP contribution is -1.75. The molecule has 0 saturated heterocycles. The van der Waals surface area contributed by atoms with Crippen LogP contribution in [0.15, 0.2) is 58.1 Å². The lowest BCUT2D eigenvalue weighted by Gasteiger charge is -1.95. The van der Waals surface area contributed by atoms with Gasteiger partial charge in [-0.15, -0.1) is 0 Å². The number of para-hydroxylation sites is 2. The summed E-state index contributed by atoms with van der Waals surface area (Å²) in [5.41, 5.74) is 11.1. The molecule has 2 aromatic carbocycles. The molecular weight excluding hydrogens is 250 g/mol. The van der Waals surface area contributed by atoms with E-state index in [0.29, 0.717) is 6.54 Å². The van der Waals surface area contributed by atoms with Crippen LogP contribution in [0.2, 0.25) is 0 Å². The van der Waals surface area contributed by atoms with Crippen LogP contribution < -0.4 is 0 Å². The molecule has 0 fully saturated rings. The van der Waals surface area contributed by atoms with Gasteiger partial charge in [0.2, 0.25) is 0 Å². The number of hydrogen-bond acceptors (Lipinski definition) is 2. The fraction of sp³-hybridized carbons (Fsp3) is 0.125. The van der Waals surface area contributed by atoms with Crippen LogP contribution in [0.4, 0.5) is 0 Å². The lowest BCUT2D eigenvalue weighted by molar-refractivity contribution is 0.668. The van der Waals surface area contributed by atoms with Crippen LogP contribution in [-0.4, -0.2) is 6.54 Å². The predicted molar refractivity (Wildman–Crippen MR) is 81.4 cm³/mol. The minimum atomic E-state index is 0.475. The van der Waals surface area contributed by atoms with Crippen LogP contribution in [0, 0.1) is 0 Å². The third kappa shape index (κ3) is 2.25. The highest BCUT2D eigenvalue weighted by Gasteiger charge is 2.07. The Balaban J connectivity index is 2.01.